The molecular formula is C21H42O3. The SMILES string of the molecule is CCCCCC(O)CCCCCCCCCCCC(=O)OCCC. The highest BCUT2D eigenvalue weighted by Crippen LogP contribution is 2.14. The van der Waals surface area contributed by atoms with Gasteiger partial charge in [-0.05, 0) is 25.7 Å². The van der Waals surface area contributed by atoms with E-state index in [2.05, 4.69) is 6.92 Å². The summed E-state index contributed by atoms with van der Waals surface area (Å²) in [6.45, 7) is 4.78. The molecular weight excluding hydrogens is 300 g/mol. The van der Waals surface area contributed by atoms with Crippen molar-refractivity contribution in [2.75, 3.05) is 6.61 Å². The fourth-order valence-corrected chi connectivity index (χ4v) is 2.95. The zero-order valence-electron chi connectivity index (χ0n) is 16.4. The fourth-order valence-electron chi connectivity index (χ4n) is 2.95. The number of aliphatic hydroxyl groups is 1. The summed E-state index contributed by atoms with van der Waals surface area (Å²) in [6.07, 6.45) is 18.0. The van der Waals surface area contributed by atoms with Gasteiger partial charge < -0.3 is 9.84 Å². The largest absolute Gasteiger partial charge is 0.466 e. The van der Waals surface area contributed by atoms with E-state index in [1.54, 1.807) is 0 Å². The van der Waals surface area contributed by atoms with Crippen LogP contribution >= 0.6 is 0 Å². The predicted molar refractivity (Wildman–Crippen MR) is 102 cm³/mol. The van der Waals surface area contributed by atoms with Gasteiger partial charge in [-0.25, -0.2) is 0 Å². The van der Waals surface area contributed by atoms with Crippen molar-refractivity contribution in [1.29, 1.82) is 0 Å². The number of hydrogen-bond acceptors (Lipinski definition) is 3. The van der Waals surface area contributed by atoms with Crippen molar-refractivity contribution in [1.82, 2.24) is 0 Å². The van der Waals surface area contributed by atoms with Crippen molar-refractivity contribution >= 4 is 5.97 Å². The first kappa shape index (κ1) is 23.4. The first-order valence-corrected chi connectivity index (χ1v) is 10.5. The Balaban J connectivity index is 3.16. The van der Waals surface area contributed by atoms with Gasteiger partial charge in [-0.3, -0.25) is 4.79 Å². The van der Waals surface area contributed by atoms with E-state index in [-0.39, 0.29) is 12.1 Å². The molecule has 0 aliphatic heterocycles. The molecule has 0 bridgehead atoms. The molecule has 0 saturated carbocycles. The van der Waals surface area contributed by atoms with Crippen LogP contribution in [0.2, 0.25) is 0 Å². The highest BCUT2D eigenvalue weighted by Gasteiger charge is 2.03. The summed E-state index contributed by atoms with van der Waals surface area (Å²) in [4.78, 5) is 11.3. The van der Waals surface area contributed by atoms with Crippen LogP contribution in [-0.2, 0) is 9.53 Å². The third-order valence-corrected chi connectivity index (χ3v) is 4.53. The minimum absolute atomic E-state index is 0.0336. The lowest BCUT2D eigenvalue weighted by Gasteiger charge is -2.09. The molecule has 3 heteroatoms. The van der Waals surface area contributed by atoms with Crippen molar-refractivity contribution in [3.8, 4) is 0 Å². The van der Waals surface area contributed by atoms with Crippen molar-refractivity contribution in [3.63, 3.8) is 0 Å². The quantitative estimate of drug-likeness (QED) is 0.239. The molecule has 0 aliphatic carbocycles. The Kier molecular flexibility index (Phi) is 18.3. The van der Waals surface area contributed by atoms with Crippen LogP contribution in [0.5, 0.6) is 0 Å². The molecule has 0 fully saturated rings. The van der Waals surface area contributed by atoms with Crippen LogP contribution in [0, 0.1) is 0 Å². The average molecular weight is 343 g/mol. The number of ether oxygens (including phenoxy) is 1. The molecule has 144 valence electrons. The number of unbranched alkanes of at least 4 members (excludes halogenated alkanes) is 10. The maximum atomic E-state index is 11.3. The predicted octanol–water partition coefficient (Wildman–Crippen LogP) is 6.17. The van der Waals surface area contributed by atoms with Crippen LogP contribution in [0.25, 0.3) is 0 Å². The maximum absolute atomic E-state index is 11.3. The molecule has 1 unspecified atom stereocenters. The summed E-state index contributed by atoms with van der Waals surface area (Å²) in [6, 6.07) is 0. The second-order valence-electron chi connectivity index (χ2n) is 7.09. The van der Waals surface area contributed by atoms with E-state index in [1.165, 1.54) is 64.2 Å². The van der Waals surface area contributed by atoms with Crippen molar-refractivity contribution in [3.05, 3.63) is 0 Å². The number of carbonyl (C=O) groups excluding carboxylic acids is 1. The molecule has 0 aromatic heterocycles. The van der Waals surface area contributed by atoms with Crippen LogP contribution in [-0.4, -0.2) is 23.8 Å². The molecule has 3 nitrogen and oxygen atoms in total. The zero-order valence-corrected chi connectivity index (χ0v) is 16.4. The molecule has 0 saturated heterocycles. The Hall–Kier alpha value is -0.570. The molecule has 1 N–H and O–H groups in total. The summed E-state index contributed by atoms with van der Waals surface area (Å²) >= 11 is 0. The van der Waals surface area contributed by atoms with Crippen LogP contribution in [0.1, 0.15) is 117 Å². The molecule has 1 atom stereocenters. The van der Waals surface area contributed by atoms with Gasteiger partial charge in [-0.15, -0.1) is 0 Å². The molecule has 24 heavy (non-hydrogen) atoms. The normalized spacial score (nSPS) is 12.3. The van der Waals surface area contributed by atoms with Gasteiger partial charge in [0.25, 0.3) is 0 Å². The summed E-state index contributed by atoms with van der Waals surface area (Å²) in [5.41, 5.74) is 0. The lowest BCUT2D eigenvalue weighted by Crippen LogP contribution is -2.05. The smallest absolute Gasteiger partial charge is 0.305 e. The lowest BCUT2D eigenvalue weighted by atomic mass is 10.0. The Morgan fingerprint density at radius 1 is 0.750 bits per heavy atom. The summed E-state index contributed by atoms with van der Waals surface area (Å²) in [5.74, 6) is -0.0336. The third-order valence-electron chi connectivity index (χ3n) is 4.53. The molecule has 0 radical (unpaired) electrons. The van der Waals surface area contributed by atoms with E-state index in [4.69, 9.17) is 4.74 Å². The van der Waals surface area contributed by atoms with Gasteiger partial charge in [0.2, 0.25) is 0 Å². The van der Waals surface area contributed by atoms with E-state index in [0.717, 1.165) is 32.1 Å². The fraction of sp³-hybridized carbons (Fsp3) is 0.952. The number of hydrogen-bond donors (Lipinski definition) is 1. The molecule has 0 heterocycles. The Labute approximate surface area is 150 Å². The zero-order chi connectivity index (χ0) is 17.9. The van der Waals surface area contributed by atoms with Gasteiger partial charge in [0, 0.05) is 6.42 Å². The second kappa shape index (κ2) is 18.8. The molecule has 0 aromatic rings. The summed E-state index contributed by atoms with van der Waals surface area (Å²) in [5, 5.41) is 9.85. The highest BCUT2D eigenvalue weighted by molar-refractivity contribution is 5.69. The first-order chi connectivity index (χ1) is 11.7. The van der Waals surface area contributed by atoms with Gasteiger partial charge in [0.15, 0.2) is 0 Å². The van der Waals surface area contributed by atoms with E-state index >= 15 is 0 Å². The van der Waals surface area contributed by atoms with Crippen LogP contribution in [0.4, 0.5) is 0 Å². The standard InChI is InChI=1S/C21H42O3/c1-3-5-13-16-20(22)17-14-11-9-7-6-8-10-12-15-18-21(23)24-19-4-2/h20,22H,3-19H2,1-2H3. The minimum atomic E-state index is -0.0689. The summed E-state index contributed by atoms with van der Waals surface area (Å²) in [7, 11) is 0. The van der Waals surface area contributed by atoms with E-state index in [1.807, 2.05) is 6.92 Å². The highest BCUT2D eigenvalue weighted by atomic mass is 16.5. The number of rotatable bonds is 18. The monoisotopic (exact) mass is 342 g/mol. The van der Waals surface area contributed by atoms with Gasteiger partial charge in [0.1, 0.15) is 0 Å². The second-order valence-corrected chi connectivity index (χ2v) is 7.09. The van der Waals surface area contributed by atoms with Gasteiger partial charge >= 0.3 is 5.97 Å². The Morgan fingerprint density at radius 2 is 1.25 bits per heavy atom. The van der Waals surface area contributed by atoms with Gasteiger partial charge in [-0.1, -0.05) is 84.5 Å². The molecule has 0 aliphatic rings. The van der Waals surface area contributed by atoms with Crippen molar-refractivity contribution in [2.24, 2.45) is 0 Å². The van der Waals surface area contributed by atoms with E-state index in [9.17, 15) is 9.90 Å². The lowest BCUT2D eigenvalue weighted by molar-refractivity contribution is -0.143. The average Bonchev–Trinajstić information content (AvgIpc) is 2.58. The van der Waals surface area contributed by atoms with Gasteiger partial charge in [-0.2, -0.15) is 0 Å². The summed E-state index contributed by atoms with van der Waals surface area (Å²) < 4.78 is 5.06. The van der Waals surface area contributed by atoms with Crippen LogP contribution in [0.3, 0.4) is 0 Å². The number of esters is 1. The maximum Gasteiger partial charge on any atom is 0.305 e. The van der Waals surface area contributed by atoms with E-state index < -0.39 is 0 Å². The number of carbonyl (C=O) groups is 1. The molecule has 0 rings (SSSR count). The third kappa shape index (κ3) is 17.8. The van der Waals surface area contributed by atoms with Crippen LogP contribution in [0.15, 0.2) is 0 Å². The molecule has 0 spiro atoms. The first-order valence-electron chi connectivity index (χ1n) is 10.5. The Bertz CT molecular complexity index is 266. The Morgan fingerprint density at radius 3 is 1.79 bits per heavy atom. The van der Waals surface area contributed by atoms with Crippen molar-refractivity contribution in [2.45, 2.75) is 123 Å². The topological polar surface area (TPSA) is 46.5 Å². The molecule has 0 amide bonds. The van der Waals surface area contributed by atoms with Crippen LogP contribution < -0.4 is 0 Å². The van der Waals surface area contributed by atoms with Crippen molar-refractivity contribution < 1.29 is 14.6 Å². The molecule has 0 aromatic carbocycles. The minimum Gasteiger partial charge on any atom is -0.466 e. The number of aliphatic hydroxyl groups excluding tert-OH is 1. The van der Waals surface area contributed by atoms with Gasteiger partial charge in [0.05, 0.1) is 12.7 Å². The van der Waals surface area contributed by atoms with E-state index in [0.29, 0.717) is 13.0 Å².